The number of hydrogen-bond acceptors (Lipinski definition) is 3. The molecule has 3 amide bonds. The molecule has 0 bridgehead atoms. The second kappa shape index (κ2) is 7.44. The molecule has 0 aromatic heterocycles. The van der Waals surface area contributed by atoms with Crippen molar-refractivity contribution in [3.8, 4) is 0 Å². The predicted octanol–water partition coefficient (Wildman–Crippen LogP) is 4.96. The van der Waals surface area contributed by atoms with Crippen molar-refractivity contribution in [1.82, 2.24) is 0 Å². The summed E-state index contributed by atoms with van der Waals surface area (Å²) in [4.78, 5) is 39.8. The van der Waals surface area contributed by atoms with Crippen LogP contribution >= 0.6 is 22.6 Å². The molecule has 1 aliphatic heterocycles. The summed E-state index contributed by atoms with van der Waals surface area (Å²) >= 11 is 2.14. The van der Waals surface area contributed by atoms with Crippen molar-refractivity contribution >= 4 is 51.7 Å². The zero-order valence-electron chi connectivity index (χ0n) is 15.8. The Morgan fingerprint density at radius 1 is 0.897 bits per heavy atom. The zero-order valence-corrected chi connectivity index (χ0v) is 18.0. The first kappa shape index (κ1) is 19.3. The Morgan fingerprint density at radius 3 is 2.38 bits per heavy atom. The third kappa shape index (κ3) is 3.44. The fourth-order valence-electron chi connectivity index (χ4n) is 3.32. The highest BCUT2D eigenvalue weighted by molar-refractivity contribution is 14.1. The van der Waals surface area contributed by atoms with E-state index in [0.717, 1.165) is 14.7 Å². The normalized spacial score (nSPS) is 12.9. The molecule has 1 aliphatic rings. The number of nitrogens with zero attached hydrogens (tertiary/aromatic N) is 1. The van der Waals surface area contributed by atoms with Crippen molar-refractivity contribution in [1.29, 1.82) is 0 Å². The average Bonchev–Trinajstić information content (AvgIpc) is 2.95. The maximum Gasteiger partial charge on any atom is 0.266 e. The lowest BCUT2D eigenvalue weighted by molar-refractivity contribution is 0.0925. The molecule has 5 nitrogen and oxygen atoms in total. The molecule has 6 heteroatoms. The van der Waals surface area contributed by atoms with E-state index in [9.17, 15) is 14.4 Å². The van der Waals surface area contributed by atoms with Crippen molar-refractivity contribution in [3.63, 3.8) is 0 Å². The minimum absolute atomic E-state index is 0.242. The molecule has 3 aromatic carbocycles. The number of halogens is 1. The molecular weight excluding hydrogens is 479 g/mol. The minimum atomic E-state index is -0.414. The molecule has 0 saturated carbocycles. The molecule has 0 saturated heterocycles. The highest BCUT2D eigenvalue weighted by atomic mass is 127. The molecular formula is C23H17IN2O3. The molecule has 29 heavy (non-hydrogen) atoms. The number of rotatable bonds is 3. The first-order valence-corrected chi connectivity index (χ1v) is 10.1. The van der Waals surface area contributed by atoms with Crippen LogP contribution in [0.4, 0.5) is 11.4 Å². The second-order valence-corrected chi connectivity index (χ2v) is 8.09. The van der Waals surface area contributed by atoms with E-state index in [-0.39, 0.29) is 17.4 Å². The Morgan fingerprint density at radius 2 is 1.62 bits per heavy atom. The van der Waals surface area contributed by atoms with Crippen LogP contribution in [0.2, 0.25) is 0 Å². The number of carbonyl (C=O) groups is 3. The van der Waals surface area contributed by atoms with Gasteiger partial charge in [0.15, 0.2) is 0 Å². The summed E-state index contributed by atoms with van der Waals surface area (Å²) in [6.07, 6.45) is 0. The summed E-state index contributed by atoms with van der Waals surface area (Å²) in [5, 5.41) is 2.85. The lowest BCUT2D eigenvalue weighted by Crippen LogP contribution is -2.30. The van der Waals surface area contributed by atoms with Crippen LogP contribution in [0.25, 0.3) is 0 Å². The molecule has 0 aliphatic carbocycles. The van der Waals surface area contributed by atoms with Gasteiger partial charge in [-0.2, -0.15) is 0 Å². The Labute approximate surface area is 181 Å². The second-order valence-electron chi connectivity index (χ2n) is 6.93. The van der Waals surface area contributed by atoms with E-state index in [2.05, 4.69) is 27.9 Å². The molecule has 0 radical (unpaired) electrons. The number of para-hydroxylation sites is 1. The van der Waals surface area contributed by atoms with Crippen LogP contribution < -0.4 is 10.2 Å². The van der Waals surface area contributed by atoms with E-state index in [1.54, 1.807) is 12.1 Å². The van der Waals surface area contributed by atoms with Crippen molar-refractivity contribution in [2.75, 3.05) is 10.2 Å². The van der Waals surface area contributed by atoms with Crippen LogP contribution in [-0.2, 0) is 0 Å². The summed E-state index contributed by atoms with van der Waals surface area (Å²) in [5.41, 5.74) is 3.93. The molecule has 0 atom stereocenters. The topological polar surface area (TPSA) is 66.5 Å². The Hall–Kier alpha value is -3.00. The van der Waals surface area contributed by atoms with Crippen LogP contribution in [0.1, 0.15) is 42.2 Å². The Balaban J connectivity index is 1.68. The highest BCUT2D eigenvalue weighted by Gasteiger charge is 2.37. The maximum atomic E-state index is 13.0. The van der Waals surface area contributed by atoms with Gasteiger partial charge in [0, 0.05) is 9.13 Å². The molecule has 0 fully saturated rings. The lowest BCUT2D eigenvalue weighted by Gasteiger charge is -2.17. The van der Waals surface area contributed by atoms with E-state index in [1.165, 1.54) is 11.0 Å². The van der Waals surface area contributed by atoms with E-state index >= 15 is 0 Å². The maximum absolute atomic E-state index is 13.0. The predicted molar refractivity (Wildman–Crippen MR) is 121 cm³/mol. The molecule has 1 heterocycles. The first-order chi connectivity index (χ1) is 13.9. The van der Waals surface area contributed by atoms with Gasteiger partial charge in [-0.05, 0) is 84.0 Å². The van der Waals surface area contributed by atoms with Gasteiger partial charge in [0.25, 0.3) is 17.7 Å². The summed E-state index contributed by atoms with van der Waals surface area (Å²) in [6, 6.07) is 17.7. The molecule has 0 unspecified atom stereocenters. The number of hydrogen-bond donors (Lipinski definition) is 1. The van der Waals surface area contributed by atoms with Gasteiger partial charge in [-0.3, -0.25) is 14.4 Å². The fourth-order valence-corrected chi connectivity index (χ4v) is 3.84. The third-order valence-electron chi connectivity index (χ3n) is 4.88. The number of imide groups is 1. The monoisotopic (exact) mass is 496 g/mol. The number of anilines is 2. The largest absolute Gasteiger partial charge is 0.321 e. The van der Waals surface area contributed by atoms with E-state index in [1.807, 2.05) is 56.3 Å². The van der Waals surface area contributed by atoms with Gasteiger partial charge in [-0.1, -0.05) is 24.3 Å². The van der Waals surface area contributed by atoms with Gasteiger partial charge in [0.1, 0.15) is 0 Å². The van der Waals surface area contributed by atoms with Gasteiger partial charge in [-0.25, -0.2) is 4.90 Å². The van der Waals surface area contributed by atoms with Crippen molar-refractivity contribution in [3.05, 3.63) is 92.1 Å². The van der Waals surface area contributed by atoms with E-state index in [0.29, 0.717) is 22.5 Å². The Kier molecular flexibility index (Phi) is 4.96. The first-order valence-electron chi connectivity index (χ1n) is 9.03. The summed E-state index contributed by atoms with van der Waals surface area (Å²) in [7, 11) is 0. The smallest absolute Gasteiger partial charge is 0.266 e. The minimum Gasteiger partial charge on any atom is -0.321 e. The van der Waals surface area contributed by atoms with Gasteiger partial charge >= 0.3 is 0 Å². The number of aryl methyl sites for hydroxylation is 2. The van der Waals surface area contributed by atoms with Gasteiger partial charge < -0.3 is 5.32 Å². The van der Waals surface area contributed by atoms with Gasteiger partial charge in [-0.15, -0.1) is 0 Å². The molecule has 1 N–H and O–H groups in total. The SMILES string of the molecule is Cc1ccc(C)c(N2C(=O)c3ccc(C(=O)Nc4ccccc4I)cc3C2=O)c1. The summed E-state index contributed by atoms with van der Waals surface area (Å²) < 4.78 is 0.909. The van der Waals surface area contributed by atoms with Crippen LogP contribution in [0.3, 0.4) is 0 Å². The highest BCUT2D eigenvalue weighted by Crippen LogP contribution is 2.32. The van der Waals surface area contributed by atoms with Crippen LogP contribution in [-0.4, -0.2) is 17.7 Å². The quantitative estimate of drug-likeness (QED) is 0.412. The lowest BCUT2D eigenvalue weighted by atomic mass is 10.1. The zero-order chi connectivity index (χ0) is 20.7. The molecule has 0 spiro atoms. The van der Waals surface area contributed by atoms with Gasteiger partial charge in [0.05, 0.1) is 22.5 Å². The number of fused-ring (bicyclic) bond motifs is 1. The standard InChI is InChI=1S/C23H17IN2O3/c1-13-7-8-14(2)20(11-13)26-22(28)16-10-9-15(12-17(16)23(26)29)21(27)25-19-6-4-3-5-18(19)24/h3-12H,1-2H3,(H,25,27). The summed E-state index contributed by atoms with van der Waals surface area (Å²) in [5.74, 6) is -1.12. The average molecular weight is 496 g/mol. The third-order valence-corrected chi connectivity index (χ3v) is 5.82. The van der Waals surface area contributed by atoms with Crippen molar-refractivity contribution in [2.45, 2.75) is 13.8 Å². The molecule has 3 aromatic rings. The van der Waals surface area contributed by atoms with Gasteiger partial charge in [0.2, 0.25) is 0 Å². The molecule has 144 valence electrons. The van der Waals surface area contributed by atoms with Crippen LogP contribution in [0.5, 0.6) is 0 Å². The van der Waals surface area contributed by atoms with Crippen molar-refractivity contribution < 1.29 is 14.4 Å². The number of nitrogens with one attached hydrogen (secondary N) is 1. The van der Waals surface area contributed by atoms with E-state index < -0.39 is 5.91 Å². The summed E-state index contributed by atoms with van der Waals surface area (Å²) in [6.45, 7) is 3.77. The fraction of sp³-hybridized carbons (Fsp3) is 0.0870. The number of benzene rings is 3. The van der Waals surface area contributed by atoms with Crippen molar-refractivity contribution in [2.24, 2.45) is 0 Å². The number of amides is 3. The van der Waals surface area contributed by atoms with Crippen LogP contribution in [0.15, 0.2) is 60.7 Å². The van der Waals surface area contributed by atoms with E-state index in [4.69, 9.17) is 0 Å². The van der Waals surface area contributed by atoms with Crippen LogP contribution in [0, 0.1) is 17.4 Å². The number of carbonyl (C=O) groups excluding carboxylic acids is 3. The molecule has 4 rings (SSSR count). The Bertz CT molecular complexity index is 1190.